The van der Waals surface area contributed by atoms with Gasteiger partial charge in [-0.25, -0.2) is 0 Å². The molecule has 1 heterocycles. The average molecular weight is 227 g/mol. The fraction of sp³-hybridized carbons (Fsp3) is 1.00. The molecule has 2 heteroatoms. The first-order valence-corrected chi connectivity index (χ1v) is 7.12. The maximum absolute atomic E-state index is 5.83. The second-order valence-corrected chi connectivity index (χ2v) is 5.24. The molecule has 1 aliphatic rings. The van der Waals surface area contributed by atoms with Gasteiger partial charge in [-0.2, -0.15) is 0 Å². The van der Waals surface area contributed by atoms with Crippen LogP contribution < -0.4 is 5.32 Å². The molecule has 96 valence electrons. The quantitative estimate of drug-likeness (QED) is 0.686. The lowest BCUT2D eigenvalue weighted by Crippen LogP contribution is -2.41. The Labute approximate surface area is 101 Å². The first kappa shape index (κ1) is 14.0. The summed E-state index contributed by atoms with van der Waals surface area (Å²) < 4.78 is 5.83. The molecule has 0 spiro atoms. The van der Waals surface area contributed by atoms with Gasteiger partial charge in [-0.3, -0.25) is 0 Å². The van der Waals surface area contributed by atoms with E-state index in [4.69, 9.17) is 4.74 Å². The first-order chi connectivity index (χ1) is 7.77. The van der Waals surface area contributed by atoms with Crippen molar-refractivity contribution in [3.8, 4) is 0 Å². The normalized spacial score (nSPS) is 24.6. The number of hydrogen-bond donors (Lipinski definition) is 1. The summed E-state index contributed by atoms with van der Waals surface area (Å²) in [5.74, 6) is 0.823. The molecule has 2 nitrogen and oxygen atoms in total. The summed E-state index contributed by atoms with van der Waals surface area (Å²) in [5.41, 5.74) is 0. The van der Waals surface area contributed by atoms with Gasteiger partial charge in [0.25, 0.3) is 0 Å². The minimum Gasteiger partial charge on any atom is -0.377 e. The highest BCUT2D eigenvalue weighted by Gasteiger charge is 2.26. The Kier molecular flexibility index (Phi) is 7.06. The van der Waals surface area contributed by atoms with Crippen LogP contribution in [-0.2, 0) is 4.74 Å². The third kappa shape index (κ3) is 4.84. The lowest BCUT2D eigenvalue weighted by atomic mass is 9.93. The van der Waals surface area contributed by atoms with Crippen LogP contribution in [-0.4, -0.2) is 25.3 Å². The van der Waals surface area contributed by atoms with Gasteiger partial charge in [-0.15, -0.1) is 0 Å². The Hall–Kier alpha value is -0.0800. The minimum atomic E-state index is 0.478. The Morgan fingerprint density at radius 2 is 2.12 bits per heavy atom. The van der Waals surface area contributed by atoms with E-state index in [1.165, 1.54) is 38.5 Å². The number of nitrogens with one attached hydrogen (secondary N) is 1. The molecule has 3 atom stereocenters. The molecule has 1 saturated heterocycles. The number of ether oxygens (including phenoxy) is 1. The smallest absolute Gasteiger partial charge is 0.0728 e. The summed E-state index contributed by atoms with van der Waals surface area (Å²) in [6.07, 6.45) is 8.11. The topological polar surface area (TPSA) is 21.3 Å². The van der Waals surface area contributed by atoms with Crippen molar-refractivity contribution < 1.29 is 4.74 Å². The molecule has 0 aromatic heterocycles. The Morgan fingerprint density at radius 3 is 2.69 bits per heavy atom. The molecule has 0 aromatic carbocycles. The lowest BCUT2D eigenvalue weighted by Gasteiger charge is -2.27. The van der Waals surface area contributed by atoms with E-state index in [1.54, 1.807) is 0 Å². The summed E-state index contributed by atoms with van der Waals surface area (Å²) in [6, 6.07) is 0.587. The minimum absolute atomic E-state index is 0.478. The van der Waals surface area contributed by atoms with Gasteiger partial charge in [0.05, 0.1) is 6.10 Å². The Balaban J connectivity index is 2.35. The van der Waals surface area contributed by atoms with Crippen LogP contribution in [0.5, 0.6) is 0 Å². The molecule has 0 radical (unpaired) electrons. The van der Waals surface area contributed by atoms with E-state index in [1.807, 2.05) is 0 Å². The largest absolute Gasteiger partial charge is 0.377 e. The zero-order valence-electron chi connectivity index (χ0n) is 11.3. The van der Waals surface area contributed by atoms with Crippen molar-refractivity contribution in [2.24, 2.45) is 5.92 Å². The maximum Gasteiger partial charge on any atom is 0.0728 e. The molecule has 1 aliphatic heterocycles. The van der Waals surface area contributed by atoms with Crippen molar-refractivity contribution in [2.75, 3.05) is 13.2 Å². The molecule has 0 amide bonds. The van der Waals surface area contributed by atoms with Gasteiger partial charge in [-0.1, -0.05) is 33.6 Å². The fourth-order valence-corrected chi connectivity index (χ4v) is 2.66. The van der Waals surface area contributed by atoms with Gasteiger partial charge in [0.1, 0.15) is 0 Å². The average Bonchev–Trinajstić information content (AvgIpc) is 2.77. The van der Waals surface area contributed by atoms with Crippen LogP contribution in [0.4, 0.5) is 0 Å². The van der Waals surface area contributed by atoms with Gasteiger partial charge in [0.2, 0.25) is 0 Å². The molecule has 1 fully saturated rings. The Morgan fingerprint density at radius 1 is 1.31 bits per heavy atom. The van der Waals surface area contributed by atoms with Crippen molar-refractivity contribution in [1.82, 2.24) is 5.32 Å². The first-order valence-electron chi connectivity index (χ1n) is 7.12. The molecular weight excluding hydrogens is 198 g/mol. The van der Waals surface area contributed by atoms with E-state index in [2.05, 4.69) is 26.1 Å². The van der Waals surface area contributed by atoms with Crippen molar-refractivity contribution >= 4 is 0 Å². The molecule has 1 N–H and O–H groups in total. The summed E-state index contributed by atoms with van der Waals surface area (Å²) in [4.78, 5) is 0. The lowest BCUT2D eigenvalue weighted by molar-refractivity contribution is 0.0701. The summed E-state index contributed by atoms with van der Waals surface area (Å²) in [5, 5.41) is 3.68. The maximum atomic E-state index is 5.83. The number of rotatable bonds is 8. The fourth-order valence-electron chi connectivity index (χ4n) is 2.66. The van der Waals surface area contributed by atoms with Crippen molar-refractivity contribution in [2.45, 2.75) is 71.4 Å². The SMILES string of the molecule is CCCNC(CC(C)CCC)C1CCCO1. The molecule has 0 aromatic rings. The van der Waals surface area contributed by atoms with E-state index >= 15 is 0 Å². The predicted octanol–water partition coefficient (Wildman–Crippen LogP) is 3.36. The third-order valence-electron chi connectivity index (χ3n) is 3.51. The summed E-state index contributed by atoms with van der Waals surface area (Å²) >= 11 is 0. The van der Waals surface area contributed by atoms with Crippen molar-refractivity contribution in [3.63, 3.8) is 0 Å². The van der Waals surface area contributed by atoms with Crippen LogP contribution in [0.25, 0.3) is 0 Å². The molecule has 0 saturated carbocycles. The van der Waals surface area contributed by atoms with Gasteiger partial charge in [0, 0.05) is 12.6 Å². The molecule has 3 unspecified atom stereocenters. The second kappa shape index (κ2) is 8.08. The zero-order valence-corrected chi connectivity index (χ0v) is 11.3. The van der Waals surface area contributed by atoms with Gasteiger partial charge < -0.3 is 10.1 Å². The van der Waals surface area contributed by atoms with Gasteiger partial charge >= 0.3 is 0 Å². The van der Waals surface area contributed by atoms with Gasteiger partial charge in [0.15, 0.2) is 0 Å². The highest BCUT2D eigenvalue weighted by atomic mass is 16.5. The van der Waals surface area contributed by atoms with Crippen LogP contribution in [0.3, 0.4) is 0 Å². The highest BCUT2D eigenvalue weighted by Crippen LogP contribution is 2.22. The van der Waals surface area contributed by atoms with E-state index in [0.717, 1.165) is 19.1 Å². The van der Waals surface area contributed by atoms with E-state index in [0.29, 0.717) is 12.1 Å². The zero-order chi connectivity index (χ0) is 11.8. The molecule has 0 bridgehead atoms. The monoisotopic (exact) mass is 227 g/mol. The van der Waals surface area contributed by atoms with E-state index < -0.39 is 0 Å². The predicted molar refractivity (Wildman–Crippen MR) is 69.7 cm³/mol. The van der Waals surface area contributed by atoms with Gasteiger partial charge in [-0.05, 0) is 38.1 Å². The van der Waals surface area contributed by atoms with Crippen molar-refractivity contribution in [3.05, 3.63) is 0 Å². The molecule has 1 rings (SSSR count). The second-order valence-electron chi connectivity index (χ2n) is 5.24. The van der Waals surface area contributed by atoms with E-state index in [-0.39, 0.29) is 0 Å². The summed E-state index contributed by atoms with van der Waals surface area (Å²) in [6.45, 7) is 8.98. The third-order valence-corrected chi connectivity index (χ3v) is 3.51. The van der Waals surface area contributed by atoms with Crippen LogP contribution >= 0.6 is 0 Å². The van der Waals surface area contributed by atoms with E-state index in [9.17, 15) is 0 Å². The van der Waals surface area contributed by atoms with Crippen LogP contribution in [0.2, 0.25) is 0 Å². The Bertz CT molecular complexity index is 166. The molecular formula is C14H29NO. The summed E-state index contributed by atoms with van der Waals surface area (Å²) in [7, 11) is 0. The molecule has 0 aliphatic carbocycles. The van der Waals surface area contributed by atoms with Crippen molar-refractivity contribution in [1.29, 1.82) is 0 Å². The number of hydrogen-bond acceptors (Lipinski definition) is 2. The van der Waals surface area contributed by atoms with Crippen LogP contribution in [0, 0.1) is 5.92 Å². The molecule has 16 heavy (non-hydrogen) atoms. The van der Waals surface area contributed by atoms with Crippen LogP contribution in [0.15, 0.2) is 0 Å². The standard InChI is InChI=1S/C14H29NO/c1-4-7-12(3)11-13(15-9-5-2)14-8-6-10-16-14/h12-15H,4-11H2,1-3H3. The highest BCUT2D eigenvalue weighted by molar-refractivity contribution is 4.81. The van der Waals surface area contributed by atoms with Crippen LogP contribution in [0.1, 0.15) is 59.3 Å².